The molecule has 1 heterocycles. The van der Waals surface area contributed by atoms with E-state index in [0.29, 0.717) is 0 Å². The third-order valence-corrected chi connectivity index (χ3v) is 3.25. The molecule has 138 valence electrons. The van der Waals surface area contributed by atoms with Gasteiger partial charge in [-0.3, -0.25) is 0 Å². The molecule has 2 aromatic rings. The molecule has 0 fully saturated rings. The summed E-state index contributed by atoms with van der Waals surface area (Å²) in [6.45, 7) is -2.89. The third-order valence-electron chi connectivity index (χ3n) is 2.97. The number of nitrogens with zero attached hydrogens (tertiary/aromatic N) is 2. The number of halogens is 5. The van der Waals surface area contributed by atoms with Crippen LogP contribution in [0.2, 0.25) is 5.02 Å². The van der Waals surface area contributed by atoms with Crippen molar-refractivity contribution in [3.05, 3.63) is 58.5 Å². The molecule has 0 atom stereocenters. The molecular weight excluding hydrogens is 376 g/mol. The molecule has 0 spiro atoms. The first-order valence-corrected chi connectivity index (χ1v) is 7.49. The van der Waals surface area contributed by atoms with E-state index in [-0.39, 0.29) is 34.6 Å². The van der Waals surface area contributed by atoms with Gasteiger partial charge in [0.1, 0.15) is 16.7 Å². The molecule has 0 saturated heterocycles. The summed E-state index contributed by atoms with van der Waals surface area (Å²) in [7, 11) is 0. The summed E-state index contributed by atoms with van der Waals surface area (Å²) < 4.78 is 51.1. The number of hydrogen-bond acceptors (Lipinski definition) is 6. The summed E-state index contributed by atoms with van der Waals surface area (Å²) in [4.78, 5) is 7.87. The Kier molecular flexibility index (Phi) is 6.73. The Bertz CT molecular complexity index is 815. The van der Waals surface area contributed by atoms with Crippen molar-refractivity contribution in [1.29, 1.82) is 5.41 Å². The van der Waals surface area contributed by atoms with Gasteiger partial charge in [0, 0.05) is 24.5 Å². The van der Waals surface area contributed by atoms with Crippen LogP contribution in [0.3, 0.4) is 0 Å². The number of rotatable bonds is 8. The molecule has 0 amide bonds. The first-order chi connectivity index (χ1) is 12.4. The molecule has 1 aromatic carbocycles. The largest absolute Gasteiger partial charge is 0.364 e. The molecule has 1 aromatic heterocycles. The number of hydrogen-bond donors (Lipinski definition) is 4. The fourth-order valence-electron chi connectivity index (χ4n) is 1.80. The van der Waals surface area contributed by atoms with E-state index in [2.05, 4.69) is 20.6 Å². The standard InChI is InChI=1S/C15H13ClF4N6/c16-11-7-24-15(25-10(4-21)6-23-14(19)20)26-13(11)22-5-8-3-9(17)1-2-12(8)18/h1-4,6-7,14,21,23H,5H2,(H2,22,24,25,26)/b10-6+,21-4?. The van der Waals surface area contributed by atoms with Crippen LogP contribution in [0, 0.1) is 17.0 Å². The lowest BCUT2D eigenvalue weighted by molar-refractivity contribution is 0.125. The van der Waals surface area contributed by atoms with Crippen LogP contribution in [0.25, 0.3) is 0 Å². The lowest BCUT2D eigenvalue weighted by Gasteiger charge is -2.11. The highest BCUT2D eigenvalue weighted by molar-refractivity contribution is 6.32. The highest BCUT2D eigenvalue weighted by Crippen LogP contribution is 2.21. The van der Waals surface area contributed by atoms with Gasteiger partial charge in [-0.25, -0.2) is 13.8 Å². The fraction of sp³-hybridized carbons (Fsp3) is 0.133. The van der Waals surface area contributed by atoms with Crippen LogP contribution in [-0.2, 0) is 6.54 Å². The van der Waals surface area contributed by atoms with E-state index in [1.165, 1.54) is 6.20 Å². The minimum absolute atomic E-state index is 0.0326. The summed E-state index contributed by atoms with van der Waals surface area (Å²) in [6, 6.07) is 3.03. The van der Waals surface area contributed by atoms with E-state index < -0.39 is 18.2 Å². The molecule has 0 aliphatic carbocycles. The predicted molar refractivity (Wildman–Crippen MR) is 90.4 cm³/mol. The van der Waals surface area contributed by atoms with E-state index >= 15 is 0 Å². The zero-order valence-electron chi connectivity index (χ0n) is 13.0. The molecule has 0 aliphatic rings. The Balaban J connectivity index is 2.12. The quantitative estimate of drug-likeness (QED) is 0.314. The molecule has 6 nitrogen and oxygen atoms in total. The minimum atomic E-state index is -2.80. The lowest BCUT2D eigenvalue weighted by atomic mass is 10.2. The average molecular weight is 389 g/mol. The van der Waals surface area contributed by atoms with Crippen molar-refractivity contribution >= 4 is 29.6 Å². The van der Waals surface area contributed by atoms with Crippen molar-refractivity contribution in [1.82, 2.24) is 15.3 Å². The van der Waals surface area contributed by atoms with Gasteiger partial charge < -0.3 is 21.4 Å². The Morgan fingerprint density at radius 3 is 2.77 bits per heavy atom. The summed E-state index contributed by atoms with van der Waals surface area (Å²) in [5, 5.41) is 14.3. The Morgan fingerprint density at radius 2 is 2.08 bits per heavy atom. The van der Waals surface area contributed by atoms with Gasteiger partial charge in [-0.15, -0.1) is 0 Å². The highest BCUT2D eigenvalue weighted by atomic mass is 35.5. The molecule has 2 rings (SSSR count). The Hall–Kier alpha value is -2.88. The van der Waals surface area contributed by atoms with Gasteiger partial charge in [0.05, 0.1) is 11.9 Å². The third kappa shape index (κ3) is 5.59. The van der Waals surface area contributed by atoms with Crippen LogP contribution in [0.15, 0.2) is 36.3 Å². The minimum Gasteiger partial charge on any atom is -0.364 e. The van der Waals surface area contributed by atoms with E-state index in [9.17, 15) is 17.6 Å². The number of alkyl halides is 2. The van der Waals surface area contributed by atoms with Gasteiger partial charge in [0.25, 0.3) is 0 Å². The molecule has 0 bridgehead atoms. The predicted octanol–water partition coefficient (Wildman–Crippen LogP) is 3.74. The van der Waals surface area contributed by atoms with Crippen LogP contribution in [0.1, 0.15) is 5.56 Å². The van der Waals surface area contributed by atoms with Crippen molar-refractivity contribution < 1.29 is 17.6 Å². The van der Waals surface area contributed by atoms with Gasteiger partial charge in [-0.05, 0) is 18.2 Å². The van der Waals surface area contributed by atoms with Gasteiger partial charge in [0.2, 0.25) is 5.95 Å². The number of benzene rings is 1. The van der Waals surface area contributed by atoms with Gasteiger partial charge in [-0.1, -0.05) is 11.6 Å². The van der Waals surface area contributed by atoms with Crippen LogP contribution in [0.4, 0.5) is 29.3 Å². The zero-order valence-corrected chi connectivity index (χ0v) is 13.8. The Morgan fingerprint density at radius 1 is 1.31 bits per heavy atom. The summed E-state index contributed by atoms with van der Waals surface area (Å²) in [5.74, 6) is -1.12. The maximum atomic E-state index is 13.6. The lowest BCUT2D eigenvalue weighted by Crippen LogP contribution is -2.16. The molecule has 0 saturated carbocycles. The first kappa shape index (κ1) is 19.4. The van der Waals surface area contributed by atoms with Crippen LogP contribution in [-0.4, -0.2) is 22.7 Å². The molecular formula is C15H13ClF4N6. The summed E-state index contributed by atoms with van der Waals surface area (Å²) in [6.07, 6.45) is 2.89. The molecule has 0 aliphatic heterocycles. The maximum absolute atomic E-state index is 13.6. The van der Waals surface area contributed by atoms with Crippen LogP contribution in [0.5, 0.6) is 0 Å². The number of nitrogens with one attached hydrogen (secondary N) is 4. The normalized spacial score (nSPS) is 11.4. The van der Waals surface area contributed by atoms with Crippen molar-refractivity contribution in [2.75, 3.05) is 10.6 Å². The smallest absolute Gasteiger partial charge is 0.312 e. The maximum Gasteiger partial charge on any atom is 0.312 e. The van der Waals surface area contributed by atoms with E-state index in [4.69, 9.17) is 17.0 Å². The first-order valence-electron chi connectivity index (χ1n) is 7.11. The Labute approximate surface area is 150 Å². The topological polar surface area (TPSA) is 85.7 Å². The zero-order chi connectivity index (χ0) is 19.1. The van der Waals surface area contributed by atoms with Gasteiger partial charge in [-0.2, -0.15) is 13.8 Å². The highest BCUT2D eigenvalue weighted by Gasteiger charge is 2.09. The van der Waals surface area contributed by atoms with Crippen molar-refractivity contribution in [3.63, 3.8) is 0 Å². The van der Waals surface area contributed by atoms with Gasteiger partial charge >= 0.3 is 6.55 Å². The second-order valence-electron chi connectivity index (χ2n) is 4.82. The number of anilines is 2. The van der Waals surface area contributed by atoms with Crippen molar-refractivity contribution in [3.8, 4) is 0 Å². The molecule has 0 radical (unpaired) electrons. The van der Waals surface area contributed by atoms with Gasteiger partial charge in [0.15, 0.2) is 5.82 Å². The average Bonchev–Trinajstić information content (AvgIpc) is 2.61. The molecule has 0 unspecified atom stereocenters. The van der Waals surface area contributed by atoms with E-state index in [1.807, 2.05) is 0 Å². The number of aromatic nitrogens is 2. The molecule has 4 N–H and O–H groups in total. The van der Waals surface area contributed by atoms with E-state index in [1.54, 1.807) is 5.32 Å². The molecule has 26 heavy (non-hydrogen) atoms. The van der Waals surface area contributed by atoms with Crippen molar-refractivity contribution in [2.24, 2.45) is 0 Å². The van der Waals surface area contributed by atoms with Crippen LogP contribution >= 0.6 is 11.6 Å². The van der Waals surface area contributed by atoms with Crippen LogP contribution < -0.4 is 16.0 Å². The second-order valence-corrected chi connectivity index (χ2v) is 5.22. The fourth-order valence-corrected chi connectivity index (χ4v) is 1.96. The monoisotopic (exact) mass is 388 g/mol. The summed E-state index contributed by atoms with van der Waals surface area (Å²) in [5.41, 5.74) is 0.0325. The molecule has 11 heteroatoms. The summed E-state index contributed by atoms with van der Waals surface area (Å²) >= 11 is 5.95. The SMILES string of the molecule is N=C/C(=C\NC(F)F)Nc1ncc(Cl)c(NCc2cc(F)ccc2F)n1. The number of allylic oxidation sites excluding steroid dienone is 1. The van der Waals surface area contributed by atoms with E-state index in [0.717, 1.165) is 30.6 Å². The van der Waals surface area contributed by atoms with Crippen molar-refractivity contribution in [2.45, 2.75) is 13.1 Å². The second kappa shape index (κ2) is 8.99.